The summed E-state index contributed by atoms with van der Waals surface area (Å²) in [4.78, 5) is 4.63. The van der Waals surface area contributed by atoms with Crippen molar-refractivity contribution in [1.82, 2.24) is 4.98 Å². The summed E-state index contributed by atoms with van der Waals surface area (Å²) in [6.45, 7) is 2.50. The number of rotatable bonds is 3. The molecule has 3 rings (SSSR count). The highest BCUT2D eigenvalue weighted by molar-refractivity contribution is 7.13. The number of aryl methyl sites for hydroxylation is 1. The topological polar surface area (TPSA) is 38.9 Å². The fourth-order valence-corrected chi connectivity index (χ4v) is 3.08. The average Bonchev–Trinajstić information content (AvgIpc) is 2.99. The Balaban J connectivity index is 1.97. The molecule has 0 radical (unpaired) electrons. The normalized spacial score (nSPS) is 10.8. The van der Waals surface area contributed by atoms with E-state index in [1.165, 1.54) is 23.5 Å². The van der Waals surface area contributed by atoms with E-state index >= 15 is 0 Å². The van der Waals surface area contributed by atoms with Crippen molar-refractivity contribution in [3.8, 4) is 21.8 Å². The Morgan fingerprint density at radius 3 is 2.62 bits per heavy atom. The molecule has 0 aliphatic carbocycles. The van der Waals surface area contributed by atoms with Gasteiger partial charge in [0.2, 0.25) is 0 Å². The van der Waals surface area contributed by atoms with Crippen LogP contribution in [0.4, 0.5) is 4.39 Å². The van der Waals surface area contributed by atoms with Crippen LogP contribution in [0.2, 0.25) is 0 Å². The van der Waals surface area contributed by atoms with E-state index in [4.69, 9.17) is 5.73 Å². The molecule has 0 saturated carbocycles. The van der Waals surface area contributed by atoms with Crippen LogP contribution < -0.4 is 5.73 Å². The van der Waals surface area contributed by atoms with Crippen molar-refractivity contribution in [3.05, 3.63) is 64.8 Å². The van der Waals surface area contributed by atoms with E-state index in [9.17, 15) is 4.39 Å². The zero-order chi connectivity index (χ0) is 14.8. The van der Waals surface area contributed by atoms with Crippen LogP contribution in [0.5, 0.6) is 0 Å². The molecule has 0 unspecified atom stereocenters. The standard InChI is InChI=1S/C17H15FN2S/c1-11-2-7-14(18)8-15(11)17-20-16(10-21-17)13-5-3-12(9-19)4-6-13/h2-8,10H,9,19H2,1H3. The highest BCUT2D eigenvalue weighted by Crippen LogP contribution is 2.31. The van der Waals surface area contributed by atoms with Crippen LogP contribution in [0.3, 0.4) is 0 Å². The van der Waals surface area contributed by atoms with Gasteiger partial charge < -0.3 is 5.73 Å². The van der Waals surface area contributed by atoms with Gasteiger partial charge in [-0.15, -0.1) is 11.3 Å². The first-order chi connectivity index (χ1) is 10.2. The third-order valence-electron chi connectivity index (χ3n) is 3.42. The first kappa shape index (κ1) is 13.9. The summed E-state index contributed by atoms with van der Waals surface area (Å²) in [6.07, 6.45) is 0. The quantitative estimate of drug-likeness (QED) is 0.779. The molecule has 0 bridgehead atoms. The van der Waals surface area contributed by atoms with Crippen LogP contribution >= 0.6 is 11.3 Å². The molecular formula is C17H15FN2S. The summed E-state index contributed by atoms with van der Waals surface area (Å²) < 4.78 is 13.4. The molecule has 3 aromatic rings. The van der Waals surface area contributed by atoms with Crippen molar-refractivity contribution < 1.29 is 4.39 Å². The molecule has 0 saturated heterocycles. The SMILES string of the molecule is Cc1ccc(F)cc1-c1nc(-c2ccc(CN)cc2)cs1. The Labute approximate surface area is 127 Å². The first-order valence-corrected chi connectivity index (χ1v) is 7.57. The van der Waals surface area contributed by atoms with E-state index in [-0.39, 0.29) is 5.82 Å². The predicted octanol–water partition coefficient (Wildman–Crippen LogP) is 4.38. The minimum atomic E-state index is -0.236. The van der Waals surface area contributed by atoms with Gasteiger partial charge in [-0.25, -0.2) is 9.37 Å². The fraction of sp³-hybridized carbons (Fsp3) is 0.118. The van der Waals surface area contributed by atoms with Crippen LogP contribution in [-0.2, 0) is 6.54 Å². The minimum absolute atomic E-state index is 0.236. The first-order valence-electron chi connectivity index (χ1n) is 6.69. The van der Waals surface area contributed by atoms with Crippen LogP contribution in [0.1, 0.15) is 11.1 Å². The van der Waals surface area contributed by atoms with Gasteiger partial charge in [0.15, 0.2) is 0 Å². The molecule has 1 aromatic heterocycles. The molecule has 106 valence electrons. The second kappa shape index (κ2) is 5.76. The van der Waals surface area contributed by atoms with Gasteiger partial charge in [-0.2, -0.15) is 0 Å². The average molecular weight is 298 g/mol. The Morgan fingerprint density at radius 1 is 1.14 bits per heavy atom. The smallest absolute Gasteiger partial charge is 0.124 e. The van der Waals surface area contributed by atoms with Gasteiger partial charge in [-0.1, -0.05) is 30.3 Å². The Morgan fingerprint density at radius 2 is 1.90 bits per heavy atom. The van der Waals surface area contributed by atoms with Crippen LogP contribution in [0.15, 0.2) is 47.8 Å². The van der Waals surface area contributed by atoms with E-state index in [0.717, 1.165) is 33.0 Å². The lowest BCUT2D eigenvalue weighted by atomic mass is 10.1. The van der Waals surface area contributed by atoms with Crippen molar-refractivity contribution in [2.45, 2.75) is 13.5 Å². The number of hydrogen-bond acceptors (Lipinski definition) is 3. The molecule has 2 nitrogen and oxygen atoms in total. The van der Waals surface area contributed by atoms with E-state index in [1.807, 2.05) is 36.6 Å². The zero-order valence-electron chi connectivity index (χ0n) is 11.6. The van der Waals surface area contributed by atoms with E-state index in [1.54, 1.807) is 6.07 Å². The number of benzene rings is 2. The lowest BCUT2D eigenvalue weighted by molar-refractivity contribution is 0.628. The number of hydrogen-bond donors (Lipinski definition) is 1. The molecule has 21 heavy (non-hydrogen) atoms. The number of thiazole rings is 1. The minimum Gasteiger partial charge on any atom is -0.326 e. The Kier molecular flexibility index (Phi) is 3.82. The molecule has 0 atom stereocenters. The number of nitrogens with zero attached hydrogens (tertiary/aromatic N) is 1. The molecule has 2 aromatic carbocycles. The molecular weight excluding hydrogens is 283 g/mol. The van der Waals surface area contributed by atoms with Crippen molar-refractivity contribution in [2.24, 2.45) is 5.73 Å². The van der Waals surface area contributed by atoms with Gasteiger partial charge in [0, 0.05) is 23.1 Å². The summed E-state index contributed by atoms with van der Waals surface area (Å²) >= 11 is 1.53. The van der Waals surface area contributed by atoms with Gasteiger partial charge >= 0.3 is 0 Å². The Hall–Kier alpha value is -2.04. The van der Waals surface area contributed by atoms with Gasteiger partial charge in [-0.05, 0) is 30.2 Å². The zero-order valence-corrected chi connectivity index (χ0v) is 12.5. The fourth-order valence-electron chi connectivity index (χ4n) is 2.17. The van der Waals surface area contributed by atoms with Crippen LogP contribution in [0.25, 0.3) is 21.8 Å². The van der Waals surface area contributed by atoms with Gasteiger partial charge in [0.25, 0.3) is 0 Å². The monoisotopic (exact) mass is 298 g/mol. The van der Waals surface area contributed by atoms with E-state index < -0.39 is 0 Å². The Bertz CT molecular complexity index is 763. The summed E-state index contributed by atoms with van der Waals surface area (Å²) in [5.41, 5.74) is 10.5. The van der Waals surface area contributed by atoms with Gasteiger partial charge in [-0.3, -0.25) is 0 Å². The van der Waals surface area contributed by atoms with Crippen molar-refractivity contribution in [2.75, 3.05) is 0 Å². The molecule has 1 heterocycles. The lowest BCUT2D eigenvalue weighted by Gasteiger charge is -2.02. The molecule has 0 spiro atoms. The van der Waals surface area contributed by atoms with E-state index in [0.29, 0.717) is 6.54 Å². The van der Waals surface area contributed by atoms with Crippen molar-refractivity contribution in [1.29, 1.82) is 0 Å². The maximum atomic E-state index is 13.4. The number of aromatic nitrogens is 1. The maximum absolute atomic E-state index is 13.4. The number of halogens is 1. The molecule has 0 amide bonds. The summed E-state index contributed by atoms with van der Waals surface area (Å²) in [5.74, 6) is -0.236. The van der Waals surface area contributed by atoms with Crippen LogP contribution in [-0.4, -0.2) is 4.98 Å². The number of nitrogens with two attached hydrogens (primary N) is 1. The summed E-state index contributed by atoms with van der Waals surface area (Å²) in [7, 11) is 0. The van der Waals surface area contributed by atoms with Crippen molar-refractivity contribution in [3.63, 3.8) is 0 Å². The molecule has 0 fully saturated rings. The third kappa shape index (κ3) is 2.86. The molecule has 4 heteroatoms. The molecule has 0 aliphatic rings. The highest BCUT2D eigenvalue weighted by atomic mass is 32.1. The van der Waals surface area contributed by atoms with Crippen LogP contribution in [0, 0.1) is 12.7 Å². The second-order valence-corrected chi connectivity index (χ2v) is 5.76. The maximum Gasteiger partial charge on any atom is 0.124 e. The molecule has 0 aliphatic heterocycles. The lowest BCUT2D eigenvalue weighted by Crippen LogP contribution is -1.95. The second-order valence-electron chi connectivity index (χ2n) is 4.90. The van der Waals surface area contributed by atoms with Gasteiger partial charge in [0.05, 0.1) is 5.69 Å². The highest BCUT2D eigenvalue weighted by Gasteiger charge is 2.10. The predicted molar refractivity (Wildman–Crippen MR) is 85.6 cm³/mol. The summed E-state index contributed by atoms with van der Waals surface area (Å²) in [5, 5.41) is 2.84. The van der Waals surface area contributed by atoms with Gasteiger partial charge in [0.1, 0.15) is 10.8 Å². The third-order valence-corrected chi connectivity index (χ3v) is 4.30. The van der Waals surface area contributed by atoms with Crippen molar-refractivity contribution >= 4 is 11.3 Å². The molecule has 2 N–H and O–H groups in total. The largest absolute Gasteiger partial charge is 0.326 e. The van der Waals surface area contributed by atoms with E-state index in [2.05, 4.69) is 4.98 Å². The summed E-state index contributed by atoms with van der Waals surface area (Å²) in [6, 6.07) is 12.8.